The molecule has 6 heteroatoms. The molecular weight excluding hydrogens is 304 g/mol. The number of hydrogen-bond acceptors (Lipinski definition) is 3. The van der Waals surface area contributed by atoms with Gasteiger partial charge >= 0.3 is 0 Å². The molecule has 6 nitrogen and oxygen atoms in total. The number of rotatable bonds is 6. The fraction of sp³-hybridized carbons (Fsp3) is 0.889. The Balaban J connectivity index is 1.92. The standard InChI is InChI=1S/C18H34N4O2/c1-5-24-13-15-8-11-22(12-15)17(19-2)20-14-18(9-6-7-10-18)16(23)21(3)4/h15H,5-14H2,1-4H3,(H,19,20). The summed E-state index contributed by atoms with van der Waals surface area (Å²) < 4.78 is 5.56. The third-order valence-corrected chi connectivity index (χ3v) is 5.36. The monoisotopic (exact) mass is 338 g/mol. The molecule has 1 amide bonds. The highest BCUT2D eigenvalue weighted by molar-refractivity contribution is 5.85. The number of hydrogen-bond donors (Lipinski definition) is 1. The van der Waals surface area contributed by atoms with Crippen molar-refractivity contribution in [2.45, 2.75) is 39.0 Å². The van der Waals surface area contributed by atoms with Crippen LogP contribution in [-0.2, 0) is 9.53 Å². The molecule has 1 N–H and O–H groups in total. The zero-order valence-corrected chi connectivity index (χ0v) is 15.8. The molecule has 1 heterocycles. The molecule has 1 unspecified atom stereocenters. The molecule has 138 valence electrons. The second kappa shape index (κ2) is 8.70. The van der Waals surface area contributed by atoms with Crippen molar-refractivity contribution >= 4 is 11.9 Å². The predicted molar refractivity (Wildman–Crippen MR) is 97.1 cm³/mol. The van der Waals surface area contributed by atoms with Gasteiger partial charge in [-0.3, -0.25) is 9.79 Å². The number of carbonyl (C=O) groups excluding carboxylic acids is 1. The minimum absolute atomic E-state index is 0.249. The summed E-state index contributed by atoms with van der Waals surface area (Å²) in [5.74, 6) is 1.75. The van der Waals surface area contributed by atoms with E-state index in [1.54, 1.807) is 4.90 Å². The van der Waals surface area contributed by atoms with Crippen molar-refractivity contribution < 1.29 is 9.53 Å². The quantitative estimate of drug-likeness (QED) is 0.590. The van der Waals surface area contributed by atoms with E-state index >= 15 is 0 Å². The molecule has 1 atom stereocenters. The number of nitrogens with one attached hydrogen (secondary N) is 1. The van der Waals surface area contributed by atoms with E-state index in [1.807, 2.05) is 28.1 Å². The Morgan fingerprint density at radius 3 is 2.67 bits per heavy atom. The number of nitrogens with zero attached hydrogens (tertiary/aromatic N) is 3. The van der Waals surface area contributed by atoms with Crippen molar-refractivity contribution in [3.8, 4) is 0 Å². The Hall–Kier alpha value is -1.30. The highest BCUT2D eigenvalue weighted by atomic mass is 16.5. The Bertz CT molecular complexity index is 444. The Kier molecular flexibility index (Phi) is 6.90. The molecule has 1 saturated heterocycles. The molecule has 0 spiro atoms. The molecule has 0 aromatic heterocycles. The van der Waals surface area contributed by atoms with E-state index in [1.165, 1.54) is 0 Å². The summed E-state index contributed by atoms with van der Waals surface area (Å²) in [4.78, 5) is 21.2. The molecule has 2 fully saturated rings. The summed E-state index contributed by atoms with van der Waals surface area (Å²) in [5.41, 5.74) is -0.260. The second-order valence-electron chi connectivity index (χ2n) is 7.35. The van der Waals surface area contributed by atoms with Gasteiger partial charge in [0.2, 0.25) is 5.91 Å². The second-order valence-corrected chi connectivity index (χ2v) is 7.35. The van der Waals surface area contributed by atoms with Gasteiger partial charge in [-0.05, 0) is 26.2 Å². The average molecular weight is 338 g/mol. The van der Waals surface area contributed by atoms with Crippen molar-refractivity contribution in [3.05, 3.63) is 0 Å². The van der Waals surface area contributed by atoms with Gasteiger partial charge in [-0.15, -0.1) is 0 Å². The molecule has 1 aliphatic carbocycles. The van der Waals surface area contributed by atoms with E-state index in [2.05, 4.69) is 15.2 Å². The maximum absolute atomic E-state index is 12.7. The number of guanidine groups is 1. The van der Waals surface area contributed by atoms with Crippen LogP contribution >= 0.6 is 0 Å². The molecule has 2 aliphatic rings. The molecule has 0 aromatic carbocycles. The van der Waals surface area contributed by atoms with Crippen LogP contribution < -0.4 is 5.32 Å². The van der Waals surface area contributed by atoms with Gasteiger partial charge in [0.05, 0.1) is 12.0 Å². The molecule has 0 aromatic rings. The molecular formula is C18H34N4O2. The van der Waals surface area contributed by atoms with E-state index in [4.69, 9.17) is 4.74 Å². The van der Waals surface area contributed by atoms with Crippen molar-refractivity contribution in [1.29, 1.82) is 0 Å². The molecule has 1 aliphatic heterocycles. The number of likely N-dealkylation sites (tertiary alicyclic amines) is 1. The van der Waals surface area contributed by atoms with Crippen molar-refractivity contribution in [3.63, 3.8) is 0 Å². The smallest absolute Gasteiger partial charge is 0.230 e. The number of amides is 1. The van der Waals surface area contributed by atoms with Gasteiger partial charge < -0.3 is 19.9 Å². The third kappa shape index (κ3) is 4.41. The zero-order chi connectivity index (χ0) is 17.6. The third-order valence-electron chi connectivity index (χ3n) is 5.36. The first kappa shape index (κ1) is 19.0. The minimum Gasteiger partial charge on any atom is -0.381 e. The van der Waals surface area contributed by atoms with Gasteiger partial charge in [0.1, 0.15) is 0 Å². The largest absolute Gasteiger partial charge is 0.381 e. The highest BCUT2D eigenvalue weighted by Crippen LogP contribution is 2.39. The van der Waals surface area contributed by atoms with Gasteiger partial charge in [0.15, 0.2) is 5.96 Å². The van der Waals surface area contributed by atoms with Crippen LogP contribution in [0.1, 0.15) is 39.0 Å². The summed E-state index contributed by atoms with van der Waals surface area (Å²) in [7, 11) is 5.54. The lowest BCUT2D eigenvalue weighted by molar-refractivity contribution is -0.138. The number of carbonyl (C=O) groups is 1. The summed E-state index contributed by atoms with van der Waals surface area (Å²) in [6.07, 6.45) is 5.37. The minimum atomic E-state index is -0.260. The van der Waals surface area contributed by atoms with Gasteiger partial charge in [0.25, 0.3) is 0 Å². The first-order chi connectivity index (χ1) is 11.5. The lowest BCUT2D eigenvalue weighted by atomic mass is 9.84. The maximum atomic E-state index is 12.7. The molecule has 0 bridgehead atoms. The first-order valence-corrected chi connectivity index (χ1v) is 9.27. The van der Waals surface area contributed by atoms with Crippen LogP contribution in [-0.4, -0.2) is 75.7 Å². The van der Waals surface area contributed by atoms with Gasteiger partial charge in [-0.25, -0.2) is 0 Å². The van der Waals surface area contributed by atoms with Crippen LogP contribution in [0.15, 0.2) is 4.99 Å². The maximum Gasteiger partial charge on any atom is 0.230 e. The fourth-order valence-corrected chi connectivity index (χ4v) is 4.02. The van der Waals surface area contributed by atoms with Crippen LogP contribution in [0, 0.1) is 11.3 Å². The van der Waals surface area contributed by atoms with Crippen molar-refractivity contribution in [1.82, 2.24) is 15.1 Å². The molecule has 1 saturated carbocycles. The topological polar surface area (TPSA) is 57.2 Å². The van der Waals surface area contributed by atoms with Crippen LogP contribution in [0.5, 0.6) is 0 Å². The van der Waals surface area contributed by atoms with Crippen molar-refractivity contribution in [2.24, 2.45) is 16.3 Å². The Morgan fingerprint density at radius 1 is 1.38 bits per heavy atom. The van der Waals surface area contributed by atoms with Gasteiger partial charge in [-0.2, -0.15) is 0 Å². The van der Waals surface area contributed by atoms with Crippen LogP contribution in [0.4, 0.5) is 0 Å². The highest BCUT2D eigenvalue weighted by Gasteiger charge is 2.42. The van der Waals surface area contributed by atoms with E-state index in [-0.39, 0.29) is 11.3 Å². The van der Waals surface area contributed by atoms with E-state index in [0.29, 0.717) is 12.5 Å². The van der Waals surface area contributed by atoms with Crippen LogP contribution in [0.3, 0.4) is 0 Å². The lowest BCUT2D eigenvalue weighted by Gasteiger charge is -2.32. The number of ether oxygens (including phenoxy) is 1. The Morgan fingerprint density at radius 2 is 2.08 bits per heavy atom. The summed E-state index contributed by atoms with van der Waals surface area (Å²) in [6, 6.07) is 0. The van der Waals surface area contributed by atoms with Crippen LogP contribution in [0.2, 0.25) is 0 Å². The molecule has 24 heavy (non-hydrogen) atoms. The number of aliphatic imine (C=N–C) groups is 1. The molecule has 2 rings (SSSR count). The van der Waals surface area contributed by atoms with E-state index < -0.39 is 0 Å². The summed E-state index contributed by atoms with van der Waals surface area (Å²) in [5, 5.41) is 3.49. The zero-order valence-electron chi connectivity index (χ0n) is 15.8. The first-order valence-electron chi connectivity index (χ1n) is 9.27. The fourth-order valence-electron chi connectivity index (χ4n) is 4.02. The SMILES string of the molecule is CCOCC1CCN(C(=NC)NCC2(C(=O)N(C)C)CCCC2)C1. The predicted octanol–water partition coefficient (Wildman–Crippen LogP) is 1.57. The average Bonchev–Trinajstić information content (AvgIpc) is 3.23. The normalized spacial score (nSPS) is 23.6. The van der Waals surface area contributed by atoms with E-state index in [0.717, 1.165) is 64.4 Å². The van der Waals surface area contributed by atoms with Gasteiger partial charge in [-0.1, -0.05) is 12.8 Å². The summed E-state index contributed by atoms with van der Waals surface area (Å²) >= 11 is 0. The molecule has 0 radical (unpaired) electrons. The van der Waals surface area contributed by atoms with Gasteiger partial charge in [0, 0.05) is 53.3 Å². The van der Waals surface area contributed by atoms with Crippen molar-refractivity contribution in [2.75, 3.05) is 54.0 Å². The summed E-state index contributed by atoms with van der Waals surface area (Å²) in [6.45, 7) is 6.31. The Labute approximate surface area is 146 Å². The lowest BCUT2D eigenvalue weighted by Crippen LogP contribution is -2.49. The van der Waals surface area contributed by atoms with Crippen LogP contribution in [0.25, 0.3) is 0 Å². The van der Waals surface area contributed by atoms with E-state index in [9.17, 15) is 4.79 Å².